The number of hydrogen-bond acceptors (Lipinski definition) is 2. The van der Waals surface area contributed by atoms with Gasteiger partial charge in [-0.1, -0.05) is 39.3 Å². The quantitative estimate of drug-likeness (QED) is 0.888. The number of nitrogens with one attached hydrogen (secondary N) is 1. The number of piperazine rings is 1. The lowest BCUT2D eigenvalue weighted by Crippen LogP contribution is -2.57. The van der Waals surface area contributed by atoms with Crippen molar-refractivity contribution in [2.75, 3.05) is 13.1 Å². The Labute approximate surface area is 122 Å². The Kier molecular flexibility index (Phi) is 5.55. The lowest BCUT2D eigenvalue weighted by Gasteiger charge is -2.42. The molecule has 1 aliphatic rings. The number of nitrogens with zero attached hydrogens (tertiary/aromatic N) is 1. The number of hydrogen-bond donors (Lipinski definition) is 1. The predicted molar refractivity (Wildman–Crippen MR) is 82.1 cm³/mol. The highest BCUT2D eigenvalue weighted by atomic mass is 19.1. The van der Waals surface area contributed by atoms with Gasteiger partial charge in [-0.3, -0.25) is 4.90 Å². The van der Waals surface area contributed by atoms with Gasteiger partial charge in [-0.2, -0.15) is 0 Å². The molecule has 0 radical (unpaired) electrons. The molecule has 2 rings (SSSR count). The molecule has 1 heterocycles. The Morgan fingerprint density at radius 3 is 2.60 bits per heavy atom. The normalized spacial score (nSPS) is 24.2. The second-order valence-electron chi connectivity index (χ2n) is 6.26. The minimum absolute atomic E-state index is 0.154. The zero-order chi connectivity index (χ0) is 14.5. The molecule has 0 bridgehead atoms. The van der Waals surface area contributed by atoms with Gasteiger partial charge in [-0.15, -0.1) is 0 Å². The number of halogens is 1. The first-order chi connectivity index (χ1) is 9.60. The average Bonchev–Trinajstić information content (AvgIpc) is 2.42. The fourth-order valence-corrected chi connectivity index (χ4v) is 3.10. The van der Waals surface area contributed by atoms with Crippen molar-refractivity contribution < 1.29 is 4.39 Å². The second kappa shape index (κ2) is 7.19. The molecule has 2 atom stereocenters. The largest absolute Gasteiger partial charge is 0.311 e. The Morgan fingerprint density at radius 1 is 1.30 bits per heavy atom. The maximum Gasteiger partial charge on any atom is 0.123 e. The fraction of sp³-hybridized carbons (Fsp3) is 0.647. The van der Waals surface area contributed by atoms with Gasteiger partial charge < -0.3 is 5.32 Å². The van der Waals surface area contributed by atoms with E-state index in [1.807, 2.05) is 12.1 Å². The Hall–Kier alpha value is -0.930. The van der Waals surface area contributed by atoms with E-state index in [0.717, 1.165) is 19.6 Å². The summed E-state index contributed by atoms with van der Waals surface area (Å²) in [7, 11) is 0. The third kappa shape index (κ3) is 4.03. The van der Waals surface area contributed by atoms with Crippen LogP contribution in [-0.2, 0) is 6.54 Å². The molecule has 0 unspecified atom stereocenters. The summed E-state index contributed by atoms with van der Waals surface area (Å²) >= 11 is 0. The minimum Gasteiger partial charge on any atom is -0.311 e. The van der Waals surface area contributed by atoms with Crippen LogP contribution in [-0.4, -0.2) is 30.1 Å². The van der Waals surface area contributed by atoms with E-state index in [9.17, 15) is 4.39 Å². The van der Waals surface area contributed by atoms with Crippen LogP contribution in [0.5, 0.6) is 0 Å². The van der Waals surface area contributed by atoms with E-state index < -0.39 is 0 Å². The lowest BCUT2D eigenvalue weighted by atomic mass is 9.96. The van der Waals surface area contributed by atoms with Crippen molar-refractivity contribution in [1.29, 1.82) is 0 Å². The molecule has 112 valence electrons. The van der Waals surface area contributed by atoms with E-state index in [0.29, 0.717) is 18.0 Å². The smallest absolute Gasteiger partial charge is 0.123 e. The molecule has 0 saturated carbocycles. The molecular weight excluding hydrogens is 251 g/mol. The van der Waals surface area contributed by atoms with Crippen LogP contribution in [0.4, 0.5) is 4.39 Å². The van der Waals surface area contributed by atoms with Crippen LogP contribution < -0.4 is 5.32 Å². The summed E-state index contributed by atoms with van der Waals surface area (Å²) < 4.78 is 13.0. The summed E-state index contributed by atoms with van der Waals surface area (Å²) in [5.41, 5.74) is 1.20. The highest BCUT2D eigenvalue weighted by Crippen LogP contribution is 2.20. The third-order valence-electron chi connectivity index (χ3n) is 4.25. The summed E-state index contributed by atoms with van der Waals surface area (Å²) in [5, 5.41) is 3.67. The van der Waals surface area contributed by atoms with E-state index in [4.69, 9.17) is 0 Å². The van der Waals surface area contributed by atoms with E-state index in [1.54, 1.807) is 12.1 Å². The molecule has 1 aromatic carbocycles. The molecule has 1 aliphatic heterocycles. The van der Waals surface area contributed by atoms with Crippen molar-refractivity contribution in [2.45, 2.75) is 52.2 Å². The fourth-order valence-electron chi connectivity index (χ4n) is 3.10. The second-order valence-corrected chi connectivity index (χ2v) is 6.26. The Bertz CT molecular complexity index is 402. The molecule has 1 fully saturated rings. The van der Waals surface area contributed by atoms with Gasteiger partial charge in [0.25, 0.3) is 0 Å². The van der Waals surface area contributed by atoms with Crippen LogP contribution in [0.3, 0.4) is 0 Å². The Balaban J connectivity index is 2.04. The molecule has 0 amide bonds. The van der Waals surface area contributed by atoms with Crippen LogP contribution in [0.25, 0.3) is 0 Å². The maximum atomic E-state index is 13.0. The summed E-state index contributed by atoms with van der Waals surface area (Å²) in [6, 6.07) is 8.09. The molecule has 3 heteroatoms. The average molecular weight is 278 g/mol. The van der Waals surface area contributed by atoms with E-state index >= 15 is 0 Å². The SMILES string of the molecule is CCC[C@@H]1CN(Cc2ccc(F)cc2)[C@H](C(C)C)CN1. The van der Waals surface area contributed by atoms with Gasteiger partial charge >= 0.3 is 0 Å². The molecule has 1 saturated heterocycles. The third-order valence-corrected chi connectivity index (χ3v) is 4.25. The van der Waals surface area contributed by atoms with Gasteiger partial charge in [-0.25, -0.2) is 4.39 Å². The van der Waals surface area contributed by atoms with Gasteiger partial charge in [0.15, 0.2) is 0 Å². The molecule has 20 heavy (non-hydrogen) atoms. The molecule has 1 N–H and O–H groups in total. The molecular formula is C17H27FN2. The van der Waals surface area contributed by atoms with Crippen LogP contribution >= 0.6 is 0 Å². The van der Waals surface area contributed by atoms with Crippen molar-refractivity contribution in [2.24, 2.45) is 5.92 Å². The maximum absolute atomic E-state index is 13.0. The first kappa shape index (κ1) is 15.5. The van der Waals surface area contributed by atoms with Crippen LogP contribution in [0.15, 0.2) is 24.3 Å². The van der Waals surface area contributed by atoms with Crippen LogP contribution in [0, 0.1) is 11.7 Å². The monoisotopic (exact) mass is 278 g/mol. The summed E-state index contributed by atoms with van der Waals surface area (Å²) in [5.74, 6) is 0.476. The highest BCUT2D eigenvalue weighted by Gasteiger charge is 2.29. The standard InChI is InChI=1S/C17H27FN2/c1-4-5-16-12-20(17(10-19-16)13(2)3)11-14-6-8-15(18)9-7-14/h6-9,13,16-17,19H,4-5,10-12H2,1-3H3/t16-,17+/m1/s1. The molecule has 2 nitrogen and oxygen atoms in total. The van der Waals surface area contributed by atoms with Crippen molar-refractivity contribution in [3.8, 4) is 0 Å². The number of benzene rings is 1. The molecule has 1 aromatic rings. The van der Waals surface area contributed by atoms with Crippen molar-refractivity contribution in [3.63, 3.8) is 0 Å². The van der Waals surface area contributed by atoms with Gasteiger partial charge in [-0.05, 0) is 30.0 Å². The van der Waals surface area contributed by atoms with Crippen molar-refractivity contribution in [3.05, 3.63) is 35.6 Å². The molecule has 0 spiro atoms. The first-order valence-electron chi connectivity index (χ1n) is 7.82. The van der Waals surface area contributed by atoms with Crippen LogP contribution in [0.1, 0.15) is 39.2 Å². The zero-order valence-electron chi connectivity index (χ0n) is 12.9. The van der Waals surface area contributed by atoms with Gasteiger partial charge in [0.05, 0.1) is 0 Å². The minimum atomic E-state index is -0.154. The summed E-state index contributed by atoms with van der Waals surface area (Å²) in [4.78, 5) is 2.56. The topological polar surface area (TPSA) is 15.3 Å². The Morgan fingerprint density at radius 2 is 2.00 bits per heavy atom. The molecule has 0 aliphatic carbocycles. The van der Waals surface area contributed by atoms with E-state index in [2.05, 4.69) is 31.0 Å². The van der Waals surface area contributed by atoms with E-state index in [-0.39, 0.29) is 5.82 Å². The predicted octanol–water partition coefficient (Wildman–Crippen LogP) is 3.42. The van der Waals surface area contributed by atoms with Crippen molar-refractivity contribution in [1.82, 2.24) is 10.2 Å². The van der Waals surface area contributed by atoms with Crippen molar-refractivity contribution >= 4 is 0 Å². The molecule has 0 aromatic heterocycles. The van der Waals surface area contributed by atoms with Gasteiger partial charge in [0, 0.05) is 31.7 Å². The van der Waals surface area contributed by atoms with E-state index in [1.165, 1.54) is 18.4 Å². The lowest BCUT2D eigenvalue weighted by molar-refractivity contribution is 0.0885. The van der Waals surface area contributed by atoms with Gasteiger partial charge in [0.1, 0.15) is 5.82 Å². The van der Waals surface area contributed by atoms with Crippen LogP contribution in [0.2, 0.25) is 0 Å². The highest BCUT2D eigenvalue weighted by molar-refractivity contribution is 5.16. The zero-order valence-corrected chi connectivity index (χ0v) is 12.9. The summed E-state index contributed by atoms with van der Waals surface area (Å²) in [6.07, 6.45) is 2.44. The number of rotatable bonds is 5. The summed E-state index contributed by atoms with van der Waals surface area (Å²) in [6.45, 7) is 9.87. The first-order valence-corrected chi connectivity index (χ1v) is 7.82. The van der Waals surface area contributed by atoms with Gasteiger partial charge in [0.2, 0.25) is 0 Å².